The maximum Gasteiger partial charge on any atom is 0.146 e. The molecule has 94 valence electrons. The zero-order chi connectivity index (χ0) is 12.4. The molecule has 0 unspecified atom stereocenters. The first-order chi connectivity index (χ1) is 8.10. The van der Waals surface area contributed by atoms with Crippen molar-refractivity contribution in [3.8, 4) is 0 Å². The number of halogens is 3. The van der Waals surface area contributed by atoms with E-state index in [9.17, 15) is 13.2 Å². The number of hydrogen-bond acceptors (Lipinski definition) is 2. The SMILES string of the molecule is Fc1cc(F)c(COC2CC(O[SiH3])C2)c(F)c1. The molecule has 2 nitrogen and oxygen atoms in total. The van der Waals surface area contributed by atoms with Crippen LogP contribution >= 0.6 is 0 Å². The van der Waals surface area contributed by atoms with Gasteiger partial charge in [0.1, 0.15) is 27.9 Å². The summed E-state index contributed by atoms with van der Waals surface area (Å²) in [5, 5.41) is 0. The lowest BCUT2D eigenvalue weighted by atomic mass is 9.92. The van der Waals surface area contributed by atoms with Gasteiger partial charge in [-0.3, -0.25) is 0 Å². The van der Waals surface area contributed by atoms with E-state index in [1.807, 2.05) is 0 Å². The van der Waals surface area contributed by atoms with Crippen molar-refractivity contribution in [2.45, 2.75) is 31.7 Å². The Kier molecular flexibility index (Phi) is 3.85. The summed E-state index contributed by atoms with van der Waals surface area (Å²) in [7, 11) is 0.684. The van der Waals surface area contributed by atoms with Crippen LogP contribution in [0.5, 0.6) is 0 Å². The maximum atomic E-state index is 13.2. The summed E-state index contributed by atoms with van der Waals surface area (Å²) in [5.41, 5.74) is -0.221. The molecule has 0 amide bonds. The van der Waals surface area contributed by atoms with Gasteiger partial charge in [-0.05, 0) is 12.8 Å². The van der Waals surface area contributed by atoms with Gasteiger partial charge in [0.2, 0.25) is 0 Å². The molecule has 0 atom stereocenters. The average Bonchev–Trinajstić information content (AvgIpc) is 2.18. The fourth-order valence-corrected chi connectivity index (χ4v) is 2.14. The van der Waals surface area contributed by atoms with E-state index in [4.69, 9.17) is 9.16 Å². The smallest absolute Gasteiger partial charge is 0.146 e. The second kappa shape index (κ2) is 5.20. The Morgan fingerprint density at radius 1 is 1.12 bits per heavy atom. The van der Waals surface area contributed by atoms with E-state index in [1.165, 1.54) is 0 Å². The monoisotopic (exact) mass is 262 g/mol. The van der Waals surface area contributed by atoms with Crippen molar-refractivity contribution in [3.05, 3.63) is 35.1 Å². The zero-order valence-electron chi connectivity index (χ0n) is 9.38. The highest BCUT2D eigenvalue weighted by Gasteiger charge is 2.29. The molecular weight excluding hydrogens is 249 g/mol. The lowest BCUT2D eigenvalue weighted by molar-refractivity contribution is -0.0678. The Labute approximate surface area is 100 Å². The van der Waals surface area contributed by atoms with E-state index in [2.05, 4.69) is 0 Å². The first-order valence-electron chi connectivity index (χ1n) is 5.38. The average molecular weight is 262 g/mol. The molecule has 1 fully saturated rings. The third kappa shape index (κ3) is 2.88. The Balaban J connectivity index is 1.91. The molecule has 1 aliphatic rings. The Bertz CT molecular complexity index is 385. The Morgan fingerprint density at radius 2 is 1.71 bits per heavy atom. The fourth-order valence-electron chi connectivity index (χ4n) is 1.76. The number of rotatable bonds is 4. The molecule has 1 aliphatic carbocycles. The summed E-state index contributed by atoms with van der Waals surface area (Å²) in [6.45, 7) is -0.170. The normalized spacial score (nSPS) is 23.7. The van der Waals surface area contributed by atoms with Crippen LogP contribution in [0.25, 0.3) is 0 Å². The van der Waals surface area contributed by atoms with Crippen molar-refractivity contribution >= 4 is 10.5 Å². The van der Waals surface area contributed by atoms with Crippen molar-refractivity contribution in [2.24, 2.45) is 0 Å². The molecule has 0 aliphatic heterocycles. The van der Waals surface area contributed by atoms with Crippen LogP contribution in [0.1, 0.15) is 18.4 Å². The van der Waals surface area contributed by atoms with Gasteiger partial charge < -0.3 is 9.16 Å². The molecule has 0 aromatic heterocycles. The third-order valence-corrected chi connectivity index (χ3v) is 3.62. The van der Waals surface area contributed by atoms with Crippen LogP contribution < -0.4 is 0 Å². The highest BCUT2D eigenvalue weighted by molar-refractivity contribution is 5.98. The van der Waals surface area contributed by atoms with E-state index in [1.54, 1.807) is 0 Å². The Hall–Kier alpha value is -0.853. The highest BCUT2D eigenvalue weighted by atomic mass is 28.2. The van der Waals surface area contributed by atoms with E-state index in [-0.39, 0.29) is 24.4 Å². The second-order valence-electron chi connectivity index (χ2n) is 4.11. The van der Waals surface area contributed by atoms with Gasteiger partial charge in [-0.25, -0.2) is 13.2 Å². The lowest BCUT2D eigenvalue weighted by Crippen LogP contribution is -2.37. The van der Waals surface area contributed by atoms with Gasteiger partial charge >= 0.3 is 0 Å². The van der Waals surface area contributed by atoms with Gasteiger partial charge in [-0.1, -0.05) is 0 Å². The molecule has 0 N–H and O–H groups in total. The van der Waals surface area contributed by atoms with E-state index in [0.29, 0.717) is 22.6 Å². The summed E-state index contributed by atoms with van der Waals surface area (Å²) < 4.78 is 49.7. The van der Waals surface area contributed by atoms with E-state index >= 15 is 0 Å². The van der Waals surface area contributed by atoms with Gasteiger partial charge in [0, 0.05) is 23.8 Å². The van der Waals surface area contributed by atoms with Crippen LogP contribution in [0, 0.1) is 17.5 Å². The lowest BCUT2D eigenvalue weighted by Gasteiger charge is -2.34. The van der Waals surface area contributed by atoms with Crippen LogP contribution in [0.4, 0.5) is 13.2 Å². The minimum Gasteiger partial charge on any atom is -0.425 e. The quantitative estimate of drug-likeness (QED) is 0.765. The van der Waals surface area contributed by atoms with Gasteiger partial charge in [-0.2, -0.15) is 0 Å². The molecule has 1 saturated carbocycles. The van der Waals surface area contributed by atoms with Crippen LogP contribution in [-0.2, 0) is 15.8 Å². The van der Waals surface area contributed by atoms with Crippen molar-refractivity contribution in [1.82, 2.24) is 0 Å². The van der Waals surface area contributed by atoms with Crippen molar-refractivity contribution < 1.29 is 22.3 Å². The first kappa shape index (κ1) is 12.6. The first-order valence-corrected chi connectivity index (χ1v) is 6.19. The van der Waals surface area contributed by atoms with Crippen LogP contribution in [0.3, 0.4) is 0 Å². The topological polar surface area (TPSA) is 18.5 Å². The minimum atomic E-state index is -0.920. The molecule has 1 aromatic rings. The number of hydrogen-bond donors (Lipinski definition) is 0. The number of benzene rings is 1. The molecule has 0 radical (unpaired) electrons. The second-order valence-corrected chi connectivity index (χ2v) is 4.58. The predicted molar refractivity (Wildman–Crippen MR) is 58.9 cm³/mol. The summed E-state index contributed by atoms with van der Waals surface area (Å²) in [5.74, 6) is -2.73. The van der Waals surface area contributed by atoms with Crippen molar-refractivity contribution in [3.63, 3.8) is 0 Å². The zero-order valence-corrected chi connectivity index (χ0v) is 11.4. The molecule has 0 spiro atoms. The Morgan fingerprint density at radius 3 is 2.24 bits per heavy atom. The summed E-state index contributed by atoms with van der Waals surface area (Å²) in [6.07, 6.45) is 1.73. The van der Waals surface area contributed by atoms with Crippen molar-refractivity contribution in [1.29, 1.82) is 0 Å². The molecule has 0 saturated heterocycles. The fraction of sp³-hybridized carbons (Fsp3) is 0.455. The molecule has 6 heteroatoms. The third-order valence-electron chi connectivity index (χ3n) is 2.95. The summed E-state index contributed by atoms with van der Waals surface area (Å²) in [6, 6.07) is 1.32. The molecule has 0 heterocycles. The standard InChI is InChI=1S/C11H13F3O2Si/c12-6-1-10(13)9(11(14)2-6)5-15-7-3-8(4-7)16-17/h1-2,7-8H,3-5H2,17H3. The van der Waals surface area contributed by atoms with Crippen LogP contribution in [-0.4, -0.2) is 22.7 Å². The molecule has 17 heavy (non-hydrogen) atoms. The van der Waals surface area contributed by atoms with E-state index in [0.717, 1.165) is 12.8 Å². The minimum absolute atomic E-state index is 0.0159. The summed E-state index contributed by atoms with van der Waals surface area (Å²) in [4.78, 5) is 0. The van der Waals surface area contributed by atoms with Crippen LogP contribution in [0.15, 0.2) is 12.1 Å². The molecule has 1 aromatic carbocycles. The maximum absolute atomic E-state index is 13.2. The predicted octanol–water partition coefficient (Wildman–Crippen LogP) is 1.45. The van der Waals surface area contributed by atoms with Gasteiger partial charge in [0.15, 0.2) is 0 Å². The van der Waals surface area contributed by atoms with Crippen LogP contribution in [0.2, 0.25) is 0 Å². The molecular formula is C11H13F3O2Si. The van der Waals surface area contributed by atoms with Gasteiger partial charge in [0.25, 0.3) is 0 Å². The summed E-state index contributed by atoms with van der Waals surface area (Å²) >= 11 is 0. The highest BCUT2D eigenvalue weighted by Crippen LogP contribution is 2.27. The number of ether oxygens (including phenoxy) is 1. The van der Waals surface area contributed by atoms with Crippen molar-refractivity contribution in [2.75, 3.05) is 0 Å². The molecule has 2 rings (SSSR count). The molecule has 0 bridgehead atoms. The van der Waals surface area contributed by atoms with Gasteiger partial charge in [0.05, 0.1) is 12.7 Å². The van der Waals surface area contributed by atoms with E-state index < -0.39 is 17.5 Å². The largest absolute Gasteiger partial charge is 0.425 e. The van der Waals surface area contributed by atoms with Gasteiger partial charge in [-0.15, -0.1) is 0 Å².